The number of amides is 1. The fourth-order valence-corrected chi connectivity index (χ4v) is 4.24. The van der Waals surface area contributed by atoms with Crippen LogP contribution in [0.15, 0.2) is 23.4 Å². The molecule has 152 valence electrons. The van der Waals surface area contributed by atoms with Gasteiger partial charge in [0.15, 0.2) is 0 Å². The minimum absolute atomic E-state index is 0.0169. The van der Waals surface area contributed by atoms with Gasteiger partial charge in [-0.1, -0.05) is 0 Å². The first-order valence-corrected chi connectivity index (χ1v) is 9.98. The van der Waals surface area contributed by atoms with Crippen molar-refractivity contribution in [2.75, 3.05) is 13.1 Å². The first kappa shape index (κ1) is 18.9. The summed E-state index contributed by atoms with van der Waals surface area (Å²) in [7, 11) is 0. The largest absolute Gasteiger partial charge is 0.456 e. The van der Waals surface area contributed by atoms with E-state index in [0.29, 0.717) is 19.5 Å². The summed E-state index contributed by atoms with van der Waals surface area (Å²) in [5.41, 5.74) is 2.34. The van der Waals surface area contributed by atoms with Gasteiger partial charge in [0.1, 0.15) is 18.1 Å². The highest BCUT2D eigenvalue weighted by molar-refractivity contribution is 5.68. The summed E-state index contributed by atoms with van der Waals surface area (Å²) in [6.45, 7) is 6.78. The number of aromatic amines is 1. The first-order chi connectivity index (χ1) is 13.2. The number of nitrogens with zero attached hydrogens (tertiary/aromatic N) is 1. The second-order valence-corrected chi connectivity index (χ2v) is 8.89. The number of aryl methyl sites for hydroxylation is 1. The van der Waals surface area contributed by atoms with Crippen molar-refractivity contribution >= 4 is 6.09 Å². The van der Waals surface area contributed by atoms with Crippen LogP contribution >= 0.6 is 0 Å². The minimum atomic E-state index is -0.622. The zero-order valence-corrected chi connectivity index (χ0v) is 16.7. The molecule has 0 atom stereocenters. The predicted molar refractivity (Wildman–Crippen MR) is 103 cm³/mol. The molecule has 0 radical (unpaired) electrons. The number of carbonyl (C=O) groups is 1. The number of hydrogen-bond acceptors (Lipinski definition) is 5. The molecular weight excluding hydrogens is 360 g/mol. The van der Waals surface area contributed by atoms with Crippen LogP contribution in [-0.4, -0.2) is 40.5 Å². The van der Waals surface area contributed by atoms with Crippen LogP contribution in [-0.2, 0) is 27.1 Å². The van der Waals surface area contributed by atoms with Gasteiger partial charge in [-0.2, -0.15) is 0 Å². The summed E-state index contributed by atoms with van der Waals surface area (Å²) in [5, 5.41) is 0. The van der Waals surface area contributed by atoms with E-state index in [-0.39, 0.29) is 17.6 Å². The Bertz CT molecular complexity index is 835. The summed E-state index contributed by atoms with van der Waals surface area (Å²) >= 11 is 0. The number of fused-ring (bicyclic) bond motifs is 1. The van der Waals surface area contributed by atoms with Crippen LogP contribution in [0.4, 0.5) is 4.79 Å². The maximum Gasteiger partial charge on any atom is 0.410 e. The number of carbonyl (C=O) groups excluding carboxylic acids is 1. The van der Waals surface area contributed by atoms with Crippen LogP contribution in [0.1, 0.15) is 62.8 Å². The lowest BCUT2D eigenvalue weighted by Crippen LogP contribution is -2.42. The van der Waals surface area contributed by atoms with Crippen LogP contribution in [0.2, 0.25) is 0 Å². The number of aromatic nitrogens is 1. The Balaban J connectivity index is 1.46. The van der Waals surface area contributed by atoms with Gasteiger partial charge in [-0.25, -0.2) is 4.79 Å². The summed E-state index contributed by atoms with van der Waals surface area (Å²) in [5.74, 6) is -0.489. The van der Waals surface area contributed by atoms with Crippen LogP contribution in [0, 0.1) is 0 Å². The number of H-pyrrole nitrogens is 1. The molecule has 1 fully saturated rings. The van der Waals surface area contributed by atoms with Gasteiger partial charge in [-0.3, -0.25) is 4.79 Å². The lowest BCUT2D eigenvalue weighted by Gasteiger charge is -2.35. The van der Waals surface area contributed by atoms with Crippen molar-refractivity contribution in [2.45, 2.75) is 70.2 Å². The Morgan fingerprint density at radius 1 is 1.25 bits per heavy atom. The number of rotatable bonds is 1. The fraction of sp³-hybridized carbons (Fsp3) is 0.619. The molecule has 1 amide bonds. The number of nitrogens with one attached hydrogen (secondary N) is 1. The average Bonchev–Trinajstić information content (AvgIpc) is 3.08. The van der Waals surface area contributed by atoms with Gasteiger partial charge in [0.25, 0.3) is 11.3 Å². The predicted octanol–water partition coefficient (Wildman–Crippen LogP) is 3.19. The number of pyridine rings is 1. The number of hydrogen-bond donors (Lipinski definition) is 1. The minimum Gasteiger partial charge on any atom is -0.456 e. The molecule has 1 saturated heterocycles. The molecule has 1 spiro atoms. The van der Waals surface area contributed by atoms with Crippen LogP contribution in [0.3, 0.4) is 0 Å². The molecular formula is C21H28N2O5. The standard InChI is InChI=1S/C21H28N2O5/c1-20(2,3)28-19(25)23-8-5-14(6-9-23)16-12-15-13-21(26-10-11-27-21)7-4-17(15)22-18(16)24/h10-12,14H,4-9,13H2,1-3H3,(H,22,24). The lowest BCUT2D eigenvalue weighted by molar-refractivity contribution is -0.148. The second kappa shape index (κ2) is 6.87. The van der Waals surface area contributed by atoms with Crippen molar-refractivity contribution in [2.24, 2.45) is 0 Å². The molecule has 4 rings (SSSR count). The molecule has 0 bridgehead atoms. The molecule has 28 heavy (non-hydrogen) atoms. The van der Waals surface area contributed by atoms with E-state index in [9.17, 15) is 9.59 Å². The third-order valence-electron chi connectivity index (χ3n) is 5.67. The first-order valence-electron chi connectivity index (χ1n) is 9.98. The van der Waals surface area contributed by atoms with Crippen molar-refractivity contribution in [3.8, 4) is 0 Å². The molecule has 7 heteroatoms. The molecule has 7 nitrogen and oxygen atoms in total. The van der Waals surface area contributed by atoms with Crippen LogP contribution < -0.4 is 5.56 Å². The molecule has 1 aliphatic carbocycles. The van der Waals surface area contributed by atoms with E-state index >= 15 is 0 Å². The van der Waals surface area contributed by atoms with E-state index in [0.717, 1.165) is 42.5 Å². The SMILES string of the molecule is CC(C)(C)OC(=O)N1CCC(c2cc3c([nH]c2=O)CCC2(C3)OC=CO2)CC1. The number of likely N-dealkylation sites (tertiary alicyclic amines) is 1. The van der Waals surface area contributed by atoms with Crippen molar-refractivity contribution in [1.29, 1.82) is 0 Å². The van der Waals surface area contributed by atoms with Gasteiger partial charge >= 0.3 is 6.09 Å². The molecule has 1 aromatic heterocycles. The molecule has 1 N–H and O–H groups in total. The summed E-state index contributed by atoms with van der Waals surface area (Å²) in [6.07, 6.45) is 6.46. The Labute approximate surface area is 164 Å². The highest BCUT2D eigenvalue weighted by atomic mass is 16.7. The Kier molecular flexibility index (Phi) is 4.63. The Hall–Kier alpha value is -2.44. The highest BCUT2D eigenvalue weighted by Gasteiger charge is 2.40. The van der Waals surface area contributed by atoms with Crippen LogP contribution in [0.25, 0.3) is 0 Å². The van der Waals surface area contributed by atoms with Crippen molar-refractivity contribution in [3.63, 3.8) is 0 Å². The zero-order valence-electron chi connectivity index (χ0n) is 16.7. The normalized spacial score (nSPS) is 21.2. The average molecular weight is 388 g/mol. The highest BCUT2D eigenvalue weighted by Crippen LogP contribution is 2.36. The van der Waals surface area contributed by atoms with E-state index in [1.165, 1.54) is 0 Å². The maximum absolute atomic E-state index is 12.7. The summed E-state index contributed by atoms with van der Waals surface area (Å²) in [4.78, 5) is 29.7. The van der Waals surface area contributed by atoms with Gasteiger partial charge in [0, 0.05) is 30.8 Å². The van der Waals surface area contributed by atoms with E-state index in [1.54, 1.807) is 17.4 Å². The molecule has 1 aromatic rings. The molecule has 3 aliphatic rings. The smallest absolute Gasteiger partial charge is 0.410 e. The third kappa shape index (κ3) is 3.75. The molecule has 0 aromatic carbocycles. The molecule has 0 saturated carbocycles. The monoisotopic (exact) mass is 388 g/mol. The van der Waals surface area contributed by atoms with Crippen LogP contribution in [0.5, 0.6) is 0 Å². The van der Waals surface area contributed by atoms with Crippen molar-refractivity contribution < 1.29 is 19.0 Å². The van der Waals surface area contributed by atoms with E-state index in [2.05, 4.69) is 4.98 Å². The quantitative estimate of drug-likeness (QED) is 0.799. The van der Waals surface area contributed by atoms with Gasteiger partial charge in [-0.15, -0.1) is 0 Å². The summed E-state index contributed by atoms with van der Waals surface area (Å²) < 4.78 is 16.8. The van der Waals surface area contributed by atoms with E-state index < -0.39 is 11.4 Å². The molecule has 0 unspecified atom stereocenters. The fourth-order valence-electron chi connectivity index (χ4n) is 4.24. The third-order valence-corrected chi connectivity index (χ3v) is 5.67. The second-order valence-electron chi connectivity index (χ2n) is 8.89. The Morgan fingerprint density at radius 2 is 1.93 bits per heavy atom. The van der Waals surface area contributed by atoms with E-state index in [4.69, 9.17) is 14.2 Å². The lowest BCUT2D eigenvalue weighted by atomic mass is 9.85. The molecule has 2 aliphatic heterocycles. The van der Waals surface area contributed by atoms with Gasteiger partial charge in [-0.05, 0) is 57.6 Å². The summed E-state index contributed by atoms with van der Waals surface area (Å²) in [6, 6.07) is 2.02. The van der Waals surface area contributed by atoms with Gasteiger partial charge < -0.3 is 24.1 Å². The Morgan fingerprint density at radius 3 is 2.57 bits per heavy atom. The van der Waals surface area contributed by atoms with Gasteiger partial charge in [0.05, 0.1) is 6.42 Å². The number of ether oxygens (including phenoxy) is 3. The van der Waals surface area contributed by atoms with E-state index in [1.807, 2.05) is 26.8 Å². The number of piperidine rings is 1. The van der Waals surface area contributed by atoms with Crippen molar-refractivity contribution in [1.82, 2.24) is 9.88 Å². The zero-order chi connectivity index (χ0) is 19.9. The molecule has 3 heterocycles. The maximum atomic E-state index is 12.7. The van der Waals surface area contributed by atoms with Crippen molar-refractivity contribution in [3.05, 3.63) is 45.8 Å². The topological polar surface area (TPSA) is 80.9 Å². The van der Waals surface area contributed by atoms with Gasteiger partial charge in [0.2, 0.25) is 0 Å².